The zero-order valence-electron chi connectivity index (χ0n) is 10.6. The van der Waals surface area contributed by atoms with E-state index >= 15 is 0 Å². The monoisotopic (exact) mass is 263 g/mol. The fraction of sp³-hybridized carbons (Fsp3) is 0.308. The SMILES string of the molecule is COC(=O)c1cccc(C(=O)N2CC2C(=O)OC)c1. The van der Waals surface area contributed by atoms with Crippen LogP contribution in [-0.4, -0.2) is 49.6 Å². The number of esters is 2. The molecule has 0 N–H and O–H groups in total. The molecule has 1 aliphatic heterocycles. The smallest absolute Gasteiger partial charge is 0.337 e. The Kier molecular flexibility index (Phi) is 3.50. The molecule has 1 aliphatic rings. The quantitative estimate of drug-likeness (QED) is 0.585. The molecule has 19 heavy (non-hydrogen) atoms. The largest absolute Gasteiger partial charge is 0.467 e. The zero-order chi connectivity index (χ0) is 14.0. The molecule has 6 heteroatoms. The summed E-state index contributed by atoms with van der Waals surface area (Å²) < 4.78 is 9.15. The van der Waals surface area contributed by atoms with Crippen LogP contribution in [0.5, 0.6) is 0 Å². The van der Waals surface area contributed by atoms with E-state index in [1.165, 1.54) is 25.2 Å². The average molecular weight is 263 g/mol. The zero-order valence-corrected chi connectivity index (χ0v) is 10.6. The van der Waals surface area contributed by atoms with Crippen LogP contribution < -0.4 is 0 Å². The van der Waals surface area contributed by atoms with Crippen LogP contribution in [-0.2, 0) is 14.3 Å². The number of carbonyl (C=O) groups excluding carboxylic acids is 3. The van der Waals surface area contributed by atoms with Crippen molar-refractivity contribution in [2.75, 3.05) is 20.8 Å². The van der Waals surface area contributed by atoms with Crippen LogP contribution in [0.25, 0.3) is 0 Å². The fourth-order valence-electron chi connectivity index (χ4n) is 1.76. The summed E-state index contributed by atoms with van der Waals surface area (Å²) in [6.45, 7) is 0.341. The summed E-state index contributed by atoms with van der Waals surface area (Å²) in [5.41, 5.74) is 0.638. The summed E-state index contributed by atoms with van der Waals surface area (Å²) in [5.74, 6) is -1.25. The number of benzene rings is 1. The molecule has 0 aromatic heterocycles. The number of ether oxygens (including phenoxy) is 2. The third-order valence-corrected chi connectivity index (χ3v) is 2.88. The Morgan fingerprint density at radius 1 is 1.16 bits per heavy atom. The first kappa shape index (κ1) is 13.1. The number of hydrogen-bond acceptors (Lipinski definition) is 5. The lowest BCUT2D eigenvalue weighted by Gasteiger charge is -2.05. The van der Waals surface area contributed by atoms with Gasteiger partial charge in [-0.3, -0.25) is 4.79 Å². The maximum atomic E-state index is 12.1. The Balaban J connectivity index is 2.13. The molecule has 0 aliphatic carbocycles. The van der Waals surface area contributed by atoms with Gasteiger partial charge in [0.15, 0.2) is 0 Å². The number of nitrogens with zero attached hydrogens (tertiary/aromatic N) is 1. The van der Waals surface area contributed by atoms with Crippen LogP contribution in [0.2, 0.25) is 0 Å². The van der Waals surface area contributed by atoms with Gasteiger partial charge in [-0.25, -0.2) is 9.59 Å². The van der Waals surface area contributed by atoms with Gasteiger partial charge in [0, 0.05) is 5.56 Å². The van der Waals surface area contributed by atoms with Gasteiger partial charge < -0.3 is 14.4 Å². The highest BCUT2D eigenvalue weighted by Gasteiger charge is 2.45. The number of rotatable bonds is 3. The van der Waals surface area contributed by atoms with Crippen LogP contribution in [0, 0.1) is 0 Å². The summed E-state index contributed by atoms with van der Waals surface area (Å²) >= 11 is 0. The molecule has 0 saturated carbocycles. The summed E-state index contributed by atoms with van der Waals surface area (Å²) in [6, 6.07) is 5.67. The number of amides is 1. The molecular formula is C13H13NO5. The van der Waals surface area contributed by atoms with Crippen molar-refractivity contribution in [2.24, 2.45) is 0 Å². The van der Waals surface area contributed by atoms with Crippen molar-refractivity contribution in [3.8, 4) is 0 Å². The van der Waals surface area contributed by atoms with E-state index in [0.717, 1.165) is 0 Å². The lowest BCUT2D eigenvalue weighted by molar-refractivity contribution is -0.140. The highest BCUT2D eigenvalue weighted by Crippen LogP contribution is 2.22. The first-order valence-corrected chi connectivity index (χ1v) is 5.65. The molecule has 1 aromatic rings. The molecule has 0 bridgehead atoms. The lowest BCUT2D eigenvalue weighted by Crippen LogP contribution is -2.20. The first-order valence-electron chi connectivity index (χ1n) is 5.65. The normalized spacial score (nSPS) is 16.7. The van der Waals surface area contributed by atoms with Crippen LogP contribution in [0.3, 0.4) is 0 Å². The maximum absolute atomic E-state index is 12.1. The molecule has 0 radical (unpaired) electrons. The molecule has 1 unspecified atom stereocenters. The van der Waals surface area contributed by atoms with Crippen molar-refractivity contribution >= 4 is 17.8 Å². The minimum absolute atomic E-state index is 0.296. The predicted molar refractivity (Wildman–Crippen MR) is 64.6 cm³/mol. The topological polar surface area (TPSA) is 72.7 Å². The minimum Gasteiger partial charge on any atom is -0.467 e. The molecule has 1 fully saturated rings. The molecule has 100 valence electrons. The van der Waals surface area contributed by atoms with Gasteiger partial charge in [-0.2, -0.15) is 0 Å². The Morgan fingerprint density at radius 2 is 1.84 bits per heavy atom. The summed E-state index contributed by atoms with van der Waals surface area (Å²) in [6.07, 6.45) is 0. The van der Waals surface area contributed by atoms with Gasteiger partial charge >= 0.3 is 11.9 Å². The molecule has 0 spiro atoms. The van der Waals surface area contributed by atoms with Crippen molar-refractivity contribution in [1.82, 2.24) is 4.90 Å². The Labute approximate surface area is 109 Å². The van der Waals surface area contributed by atoms with E-state index in [1.54, 1.807) is 18.2 Å². The standard InChI is InChI=1S/C13H13NO5/c1-18-12(16)9-5-3-4-8(6-9)11(15)14-7-10(14)13(17)19-2/h3-6,10H,7H2,1-2H3. The van der Waals surface area contributed by atoms with Crippen molar-refractivity contribution in [1.29, 1.82) is 0 Å². The van der Waals surface area contributed by atoms with E-state index in [2.05, 4.69) is 9.47 Å². The minimum atomic E-state index is -0.515. The Bertz CT molecular complexity index is 540. The third kappa shape index (κ3) is 2.57. The second kappa shape index (κ2) is 5.09. The van der Waals surface area contributed by atoms with Gasteiger partial charge in [-0.1, -0.05) is 6.07 Å². The Morgan fingerprint density at radius 3 is 2.47 bits per heavy atom. The first-order chi connectivity index (χ1) is 9.08. The van der Waals surface area contributed by atoms with E-state index in [-0.39, 0.29) is 5.91 Å². The highest BCUT2D eigenvalue weighted by atomic mass is 16.5. The van der Waals surface area contributed by atoms with Gasteiger partial charge in [0.2, 0.25) is 0 Å². The van der Waals surface area contributed by atoms with E-state index in [0.29, 0.717) is 17.7 Å². The van der Waals surface area contributed by atoms with Crippen LogP contribution >= 0.6 is 0 Å². The molecule has 1 atom stereocenters. The maximum Gasteiger partial charge on any atom is 0.337 e. The molecule has 1 amide bonds. The average Bonchev–Trinajstić information content (AvgIpc) is 3.25. The summed E-state index contributed by atoms with van der Waals surface area (Å²) in [5, 5.41) is 0. The Hall–Kier alpha value is -2.37. The lowest BCUT2D eigenvalue weighted by atomic mass is 10.1. The van der Waals surface area contributed by atoms with Gasteiger partial charge in [0.05, 0.1) is 26.3 Å². The van der Waals surface area contributed by atoms with Gasteiger partial charge in [-0.15, -0.1) is 0 Å². The van der Waals surface area contributed by atoms with Crippen molar-refractivity contribution in [3.63, 3.8) is 0 Å². The van der Waals surface area contributed by atoms with Gasteiger partial charge in [0.1, 0.15) is 6.04 Å². The second-order valence-corrected chi connectivity index (χ2v) is 4.07. The van der Waals surface area contributed by atoms with Crippen molar-refractivity contribution in [3.05, 3.63) is 35.4 Å². The predicted octanol–water partition coefficient (Wildman–Crippen LogP) is 0.471. The van der Waals surface area contributed by atoms with Crippen LogP contribution in [0.1, 0.15) is 20.7 Å². The van der Waals surface area contributed by atoms with E-state index in [4.69, 9.17) is 0 Å². The summed E-state index contributed by atoms with van der Waals surface area (Å²) in [4.78, 5) is 36.1. The number of carbonyl (C=O) groups is 3. The van der Waals surface area contributed by atoms with Crippen molar-refractivity contribution in [2.45, 2.75) is 6.04 Å². The van der Waals surface area contributed by atoms with E-state index in [9.17, 15) is 14.4 Å². The fourth-order valence-corrected chi connectivity index (χ4v) is 1.76. The van der Waals surface area contributed by atoms with E-state index in [1.807, 2.05) is 0 Å². The van der Waals surface area contributed by atoms with Crippen molar-refractivity contribution < 1.29 is 23.9 Å². The molecule has 2 rings (SSSR count). The summed E-state index contributed by atoms with van der Waals surface area (Å²) in [7, 11) is 2.55. The van der Waals surface area contributed by atoms with Crippen LogP contribution in [0.4, 0.5) is 0 Å². The van der Waals surface area contributed by atoms with Gasteiger partial charge in [-0.05, 0) is 18.2 Å². The number of methoxy groups -OCH3 is 2. The molecular weight excluding hydrogens is 250 g/mol. The molecule has 1 heterocycles. The van der Waals surface area contributed by atoms with E-state index < -0.39 is 18.0 Å². The molecule has 1 saturated heterocycles. The molecule has 1 aromatic carbocycles. The third-order valence-electron chi connectivity index (χ3n) is 2.88. The number of hydrogen-bond donors (Lipinski definition) is 0. The van der Waals surface area contributed by atoms with Crippen LogP contribution in [0.15, 0.2) is 24.3 Å². The second-order valence-electron chi connectivity index (χ2n) is 4.07. The molecule has 6 nitrogen and oxygen atoms in total. The van der Waals surface area contributed by atoms with Gasteiger partial charge in [0.25, 0.3) is 5.91 Å². The highest BCUT2D eigenvalue weighted by molar-refractivity contribution is 6.01.